The lowest BCUT2D eigenvalue weighted by Crippen LogP contribution is -2.45. The number of rotatable bonds is 4. The van der Waals surface area contributed by atoms with Crippen LogP contribution in [-0.4, -0.2) is 51.9 Å². The third kappa shape index (κ3) is 3.83. The van der Waals surface area contributed by atoms with Crippen molar-refractivity contribution in [3.05, 3.63) is 59.9 Å². The summed E-state index contributed by atoms with van der Waals surface area (Å²) in [4.78, 5) is 30.4. The van der Waals surface area contributed by atoms with E-state index in [0.717, 1.165) is 25.9 Å². The number of anilines is 1. The topological polar surface area (TPSA) is 62.2 Å². The lowest BCUT2D eigenvalue weighted by atomic mass is 10.0. The molecule has 0 spiro atoms. The Labute approximate surface area is 162 Å². The Morgan fingerprint density at radius 1 is 1.07 bits per heavy atom. The van der Waals surface area contributed by atoms with Gasteiger partial charge in [0.05, 0.1) is 6.20 Å². The number of thiazole rings is 1. The van der Waals surface area contributed by atoms with Gasteiger partial charge in [0, 0.05) is 44.3 Å². The van der Waals surface area contributed by atoms with E-state index >= 15 is 0 Å². The second kappa shape index (κ2) is 7.84. The van der Waals surface area contributed by atoms with Crippen LogP contribution in [0.5, 0.6) is 0 Å². The zero-order valence-corrected chi connectivity index (χ0v) is 16.0. The van der Waals surface area contributed by atoms with Gasteiger partial charge in [-0.25, -0.2) is 15.0 Å². The minimum absolute atomic E-state index is 0.0514. The van der Waals surface area contributed by atoms with E-state index < -0.39 is 0 Å². The summed E-state index contributed by atoms with van der Waals surface area (Å²) in [5.41, 5.74) is 1.22. The predicted molar refractivity (Wildman–Crippen MR) is 107 cm³/mol. The molecule has 0 N–H and O–H groups in total. The number of piperidine rings is 1. The van der Waals surface area contributed by atoms with Gasteiger partial charge in [-0.15, -0.1) is 11.3 Å². The Hall–Kier alpha value is -2.80. The molecule has 4 rings (SSSR count). The summed E-state index contributed by atoms with van der Waals surface area (Å²) in [5, 5.41) is 0.678. The van der Waals surface area contributed by atoms with Gasteiger partial charge >= 0.3 is 0 Å². The molecule has 1 amide bonds. The molecule has 2 aromatic heterocycles. The third-order valence-electron chi connectivity index (χ3n) is 4.94. The van der Waals surface area contributed by atoms with Crippen LogP contribution >= 0.6 is 11.3 Å². The molecular weight excluding hydrogens is 358 g/mol. The van der Waals surface area contributed by atoms with Crippen LogP contribution in [0.2, 0.25) is 0 Å². The number of carbonyl (C=O) groups excluding carboxylic acids is 1. The molecule has 1 aliphatic heterocycles. The fourth-order valence-corrected chi connectivity index (χ4v) is 4.20. The van der Waals surface area contributed by atoms with Crippen LogP contribution < -0.4 is 4.90 Å². The average Bonchev–Trinajstić information content (AvgIpc) is 3.24. The van der Waals surface area contributed by atoms with Crippen LogP contribution in [0.25, 0.3) is 10.8 Å². The summed E-state index contributed by atoms with van der Waals surface area (Å²) < 4.78 is 0. The molecular formula is C20H21N5OS. The molecule has 0 atom stereocenters. The second-order valence-electron chi connectivity index (χ2n) is 6.57. The van der Waals surface area contributed by atoms with Gasteiger partial charge in [-0.3, -0.25) is 4.79 Å². The molecule has 3 aromatic rings. The largest absolute Gasteiger partial charge is 0.371 e. The summed E-state index contributed by atoms with van der Waals surface area (Å²) in [7, 11) is 2.13. The Kier molecular flexibility index (Phi) is 5.11. The Morgan fingerprint density at radius 3 is 2.48 bits per heavy atom. The van der Waals surface area contributed by atoms with Crippen molar-refractivity contribution in [1.29, 1.82) is 0 Å². The number of carbonyl (C=O) groups is 1. The molecule has 0 saturated carbocycles. The van der Waals surface area contributed by atoms with Crippen molar-refractivity contribution in [3.63, 3.8) is 0 Å². The number of para-hydroxylation sites is 1. The van der Waals surface area contributed by atoms with E-state index in [0.29, 0.717) is 21.8 Å². The summed E-state index contributed by atoms with van der Waals surface area (Å²) in [5.74, 6) is 0.611. The monoisotopic (exact) mass is 379 g/mol. The van der Waals surface area contributed by atoms with E-state index in [1.165, 1.54) is 17.0 Å². The minimum Gasteiger partial charge on any atom is -0.371 e. The maximum absolute atomic E-state index is 12.8. The molecule has 0 radical (unpaired) electrons. The first-order valence-electron chi connectivity index (χ1n) is 9.03. The van der Waals surface area contributed by atoms with Crippen LogP contribution in [0, 0.1) is 0 Å². The first-order chi connectivity index (χ1) is 13.2. The van der Waals surface area contributed by atoms with Crippen LogP contribution in [0.1, 0.15) is 22.5 Å². The number of aromatic nitrogens is 3. The average molecular weight is 379 g/mol. The highest BCUT2D eigenvalue weighted by atomic mass is 32.1. The molecule has 1 saturated heterocycles. The molecule has 27 heavy (non-hydrogen) atoms. The minimum atomic E-state index is 0.0514. The zero-order valence-electron chi connectivity index (χ0n) is 15.2. The van der Waals surface area contributed by atoms with E-state index in [1.54, 1.807) is 24.7 Å². The van der Waals surface area contributed by atoms with Crippen molar-refractivity contribution in [2.45, 2.75) is 18.9 Å². The van der Waals surface area contributed by atoms with E-state index in [1.807, 2.05) is 11.0 Å². The third-order valence-corrected chi connectivity index (χ3v) is 5.92. The SMILES string of the molecule is CN(c1ccccc1)C1CCN(C(=O)c2cnc(-c3ncccn3)s2)CC1. The van der Waals surface area contributed by atoms with Crippen molar-refractivity contribution < 1.29 is 4.79 Å². The Bertz CT molecular complexity index is 891. The number of amides is 1. The maximum atomic E-state index is 12.8. The summed E-state index contributed by atoms with van der Waals surface area (Å²) in [6, 6.07) is 12.6. The maximum Gasteiger partial charge on any atom is 0.265 e. The first-order valence-corrected chi connectivity index (χ1v) is 9.84. The Balaban J connectivity index is 1.38. The molecule has 3 heterocycles. The fourth-order valence-electron chi connectivity index (χ4n) is 3.37. The van der Waals surface area contributed by atoms with E-state index in [9.17, 15) is 4.79 Å². The lowest BCUT2D eigenvalue weighted by Gasteiger charge is -2.37. The van der Waals surface area contributed by atoms with Crippen molar-refractivity contribution >= 4 is 22.9 Å². The quantitative estimate of drug-likeness (QED) is 0.696. The molecule has 6 nitrogen and oxygen atoms in total. The van der Waals surface area contributed by atoms with Crippen molar-refractivity contribution in [1.82, 2.24) is 19.9 Å². The van der Waals surface area contributed by atoms with Crippen molar-refractivity contribution in [2.75, 3.05) is 25.0 Å². The molecule has 1 aliphatic rings. The number of benzene rings is 1. The predicted octanol–water partition coefficient (Wildman–Crippen LogP) is 3.34. The molecule has 0 bridgehead atoms. The highest BCUT2D eigenvalue weighted by Crippen LogP contribution is 2.26. The highest BCUT2D eigenvalue weighted by Gasteiger charge is 2.27. The van der Waals surface area contributed by atoms with E-state index in [-0.39, 0.29) is 5.91 Å². The van der Waals surface area contributed by atoms with Gasteiger partial charge in [-0.1, -0.05) is 18.2 Å². The molecule has 138 valence electrons. The van der Waals surface area contributed by atoms with Crippen LogP contribution in [0.4, 0.5) is 5.69 Å². The van der Waals surface area contributed by atoms with Crippen molar-refractivity contribution in [3.8, 4) is 10.8 Å². The highest BCUT2D eigenvalue weighted by molar-refractivity contribution is 7.16. The number of hydrogen-bond donors (Lipinski definition) is 0. The van der Waals surface area contributed by atoms with Crippen molar-refractivity contribution in [2.24, 2.45) is 0 Å². The second-order valence-corrected chi connectivity index (χ2v) is 7.60. The van der Waals surface area contributed by atoms with Crippen LogP contribution in [-0.2, 0) is 0 Å². The molecule has 7 heteroatoms. The molecule has 0 aliphatic carbocycles. The van der Waals surface area contributed by atoms with Gasteiger partial charge in [-0.05, 0) is 31.0 Å². The number of hydrogen-bond acceptors (Lipinski definition) is 6. The van der Waals surface area contributed by atoms with Gasteiger partial charge in [-0.2, -0.15) is 0 Å². The van der Waals surface area contributed by atoms with Gasteiger partial charge in [0.1, 0.15) is 4.88 Å². The standard InChI is InChI=1S/C20H21N5OS/c1-24(15-6-3-2-4-7-15)16-8-12-25(13-9-16)20(26)17-14-23-19(27-17)18-21-10-5-11-22-18/h2-7,10-11,14,16H,8-9,12-13H2,1H3. The van der Waals surface area contributed by atoms with Gasteiger partial charge in [0.2, 0.25) is 0 Å². The summed E-state index contributed by atoms with van der Waals surface area (Å²) >= 11 is 1.35. The van der Waals surface area contributed by atoms with Gasteiger partial charge in [0.25, 0.3) is 5.91 Å². The lowest BCUT2D eigenvalue weighted by molar-refractivity contribution is 0.0718. The number of nitrogens with zero attached hydrogens (tertiary/aromatic N) is 5. The van der Waals surface area contributed by atoms with Crippen LogP contribution in [0.15, 0.2) is 55.0 Å². The molecule has 0 unspecified atom stereocenters. The van der Waals surface area contributed by atoms with E-state index in [2.05, 4.69) is 51.2 Å². The normalized spacial score (nSPS) is 14.9. The Morgan fingerprint density at radius 2 is 1.78 bits per heavy atom. The van der Waals surface area contributed by atoms with E-state index in [4.69, 9.17) is 0 Å². The number of likely N-dealkylation sites (tertiary alicyclic amines) is 1. The molecule has 1 fully saturated rings. The summed E-state index contributed by atoms with van der Waals surface area (Å²) in [6.45, 7) is 1.52. The molecule has 1 aromatic carbocycles. The van der Waals surface area contributed by atoms with Gasteiger partial charge in [0.15, 0.2) is 10.8 Å². The first kappa shape index (κ1) is 17.6. The zero-order chi connectivity index (χ0) is 18.6. The smallest absolute Gasteiger partial charge is 0.265 e. The summed E-state index contributed by atoms with van der Waals surface area (Å²) in [6.07, 6.45) is 6.93. The van der Waals surface area contributed by atoms with Crippen LogP contribution in [0.3, 0.4) is 0 Å². The fraction of sp³-hybridized carbons (Fsp3) is 0.300. The van der Waals surface area contributed by atoms with Gasteiger partial charge < -0.3 is 9.80 Å².